The molecule has 0 unspecified atom stereocenters. The van der Waals surface area contributed by atoms with Crippen LogP contribution in [0.5, 0.6) is 0 Å². The molecule has 0 aromatic carbocycles. The molecule has 2 N–H and O–H groups in total. The lowest BCUT2D eigenvalue weighted by atomic mass is 9.89. The highest BCUT2D eigenvalue weighted by molar-refractivity contribution is 5.70. The Morgan fingerprint density at radius 2 is 1.70 bits per heavy atom. The summed E-state index contributed by atoms with van der Waals surface area (Å²) >= 11 is 0. The Morgan fingerprint density at radius 3 is 2.36 bits per heavy atom. The number of piperazine rings is 1. The zero-order chi connectivity index (χ0) is 36.3. The van der Waals surface area contributed by atoms with Gasteiger partial charge >= 0.3 is 18.2 Å². The van der Waals surface area contributed by atoms with Gasteiger partial charge in [0.25, 0.3) is 0 Å². The molecule has 1 aliphatic carbocycles. The summed E-state index contributed by atoms with van der Waals surface area (Å²) in [4.78, 5) is 44.7. The molecule has 0 spiro atoms. The van der Waals surface area contributed by atoms with E-state index in [4.69, 9.17) is 14.2 Å². The number of allylic oxidation sites excluding steroid dienone is 2. The van der Waals surface area contributed by atoms with E-state index < -0.39 is 36.0 Å². The average Bonchev–Trinajstić information content (AvgIpc) is 3.34. The molecular weight excluding hydrogens is 638 g/mol. The van der Waals surface area contributed by atoms with E-state index in [1.165, 1.54) is 38.5 Å². The second-order valence-corrected chi connectivity index (χ2v) is 15.6. The summed E-state index contributed by atoms with van der Waals surface area (Å²) in [5, 5.41) is 22.2. The van der Waals surface area contributed by atoms with Crippen molar-refractivity contribution >= 4 is 18.2 Å². The minimum Gasteiger partial charge on any atom is -0.457 e. The van der Waals surface area contributed by atoms with Crippen LogP contribution >= 0.6 is 0 Å². The lowest BCUT2D eigenvalue weighted by Crippen LogP contribution is -2.53. The van der Waals surface area contributed by atoms with Gasteiger partial charge in [0.15, 0.2) is 6.10 Å². The zero-order valence-electron chi connectivity index (χ0n) is 31.1. The number of amides is 2. The molecular formula is C39H63N3O8. The van der Waals surface area contributed by atoms with Crippen molar-refractivity contribution in [3.05, 3.63) is 36.0 Å². The first-order valence-corrected chi connectivity index (χ1v) is 19.1. The smallest absolute Gasteiger partial charge is 0.410 e. The fraction of sp³-hybridized carbons (Fsp3) is 0.769. The van der Waals surface area contributed by atoms with Gasteiger partial charge in [0, 0.05) is 57.1 Å². The van der Waals surface area contributed by atoms with Crippen LogP contribution in [0, 0.1) is 17.8 Å². The molecule has 0 aromatic heterocycles. The van der Waals surface area contributed by atoms with E-state index in [2.05, 4.69) is 11.8 Å². The van der Waals surface area contributed by atoms with Crippen LogP contribution in [0.3, 0.4) is 0 Å². The molecule has 11 nitrogen and oxygen atoms in total. The summed E-state index contributed by atoms with van der Waals surface area (Å²) in [6.07, 6.45) is 14.5. The SMILES string of the molecule is C/C(=C\C=C\[C@@H](C)COC(=O)N1CC[C@@H](C)C1)[C@H]1OC(=O)C[C@H](O)CC[C@@](C)(O)[C@@H](OC(=O)N2CCN(C3CCCCCC3)CC2)/C=C\[C@@H]1C. The van der Waals surface area contributed by atoms with Crippen LogP contribution in [0.15, 0.2) is 36.0 Å². The van der Waals surface area contributed by atoms with Crippen molar-refractivity contribution < 1.29 is 38.8 Å². The Bertz CT molecular complexity index is 1200. The number of cyclic esters (lactones) is 1. The van der Waals surface area contributed by atoms with Gasteiger partial charge in [-0.05, 0) is 63.5 Å². The topological polar surface area (TPSA) is 129 Å². The highest BCUT2D eigenvalue weighted by atomic mass is 16.6. The number of ether oxygens (including phenoxy) is 3. The summed E-state index contributed by atoms with van der Waals surface area (Å²) < 4.78 is 17.4. The third-order valence-electron chi connectivity index (χ3n) is 10.9. The molecule has 0 radical (unpaired) electrons. The van der Waals surface area contributed by atoms with Gasteiger partial charge in [-0.2, -0.15) is 0 Å². The fourth-order valence-electron chi connectivity index (χ4n) is 7.47. The van der Waals surface area contributed by atoms with Crippen LogP contribution in [-0.2, 0) is 19.0 Å². The Kier molecular flexibility index (Phi) is 15.2. The van der Waals surface area contributed by atoms with Crippen molar-refractivity contribution in [2.75, 3.05) is 45.9 Å². The molecule has 50 heavy (non-hydrogen) atoms. The van der Waals surface area contributed by atoms with Crippen LogP contribution < -0.4 is 0 Å². The fourth-order valence-corrected chi connectivity index (χ4v) is 7.47. The monoisotopic (exact) mass is 701 g/mol. The van der Waals surface area contributed by atoms with Crippen LogP contribution in [0.25, 0.3) is 0 Å². The van der Waals surface area contributed by atoms with Gasteiger partial charge in [0.05, 0.1) is 19.1 Å². The number of hydrogen-bond donors (Lipinski definition) is 2. The Labute approximate surface area is 299 Å². The van der Waals surface area contributed by atoms with E-state index in [-0.39, 0.29) is 43.8 Å². The first-order chi connectivity index (χ1) is 23.8. The molecule has 0 aromatic rings. The standard InChI is InChI=1S/C39H63N3O8/c1-28-18-20-42(26-28)37(45)48-27-29(2)11-10-12-30(3)36-31(4)15-16-34(39(5,47)19-17-33(43)25-35(44)50-36)49-38(46)41-23-21-40(22-24-41)32-13-8-6-7-9-14-32/h10-12,15-16,28-29,31-34,36,43,47H,6-9,13-14,17-27H2,1-5H3/b11-10+,16-15-,30-12+/t28-,29-,31+,33-,34+,36-,39-/m1/s1. The van der Waals surface area contributed by atoms with Crippen LogP contribution in [-0.4, -0.2) is 119 Å². The van der Waals surface area contributed by atoms with Crippen LogP contribution in [0.4, 0.5) is 9.59 Å². The van der Waals surface area contributed by atoms with Crippen LogP contribution in [0.1, 0.15) is 98.8 Å². The van der Waals surface area contributed by atoms with Crippen molar-refractivity contribution in [1.29, 1.82) is 0 Å². The predicted octanol–water partition coefficient (Wildman–Crippen LogP) is 5.85. The first kappa shape index (κ1) is 39.9. The summed E-state index contributed by atoms with van der Waals surface area (Å²) in [5.74, 6) is -0.385. The third kappa shape index (κ3) is 12.1. The highest BCUT2D eigenvalue weighted by Crippen LogP contribution is 2.28. The lowest BCUT2D eigenvalue weighted by Gasteiger charge is -2.40. The summed E-state index contributed by atoms with van der Waals surface area (Å²) in [6.45, 7) is 14.0. The van der Waals surface area contributed by atoms with Crippen molar-refractivity contribution in [3.63, 3.8) is 0 Å². The predicted molar refractivity (Wildman–Crippen MR) is 192 cm³/mol. The van der Waals surface area contributed by atoms with E-state index >= 15 is 0 Å². The molecule has 4 aliphatic rings. The lowest BCUT2D eigenvalue weighted by molar-refractivity contribution is -0.151. The number of carbonyl (C=O) groups excluding carboxylic acids is 3. The second-order valence-electron chi connectivity index (χ2n) is 15.6. The van der Waals surface area contributed by atoms with E-state index in [0.717, 1.165) is 38.2 Å². The molecule has 2 amide bonds. The van der Waals surface area contributed by atoms with E-state index in [9.17, 15) is 24.6 Å². The third-order valence-corrected chi connectivity index (χ3v) is 10.9. The van der Waals surface area contributed by atoms with Gasteiger partial charge in [-0.15, -0.1) is 0 Å². The first-order valence-electron chi connectivity index (χ1n) is 19.1. The van der Waals surface area contributed by atoms with E-state index in [1.807, 2.05) is 45.1 Å². The molecule has 7 atom stereocenters. The van der Waals surface area contributed by atoms with Crippen molar-refractivity contribution in [3.8, 4) is 0 Å². The minimum absolute atomic E-state index is 0.0215. The second kappa shape index (κ2) is 19.1. The maximum atomic E-state index is 13.4. The number of rotatable bonds is 7. The maximum absolute atomic E-state index is 13.4. The van der Waals surface area contributed by atoms with Gasteiger partial charge in [-0.25, -0.2) is 9.59 Å². The van der Waals surface area contributed by atoms with Crippen molar-refractivity contribution in [2.24, 2.45) is 17.8 Å². The highest BCUT2D eigenvalue weighted by Gasteiger charge is 2.37. The normalized spacial score (nSPS) is 32.8. The molecule has 0 bridgehead atoms. The zero-order valence-corrected chi connectivity index (χ0v) is 31.1. The number of aliphatic hydroxyl groups excluding tert-OH is 1. The largest absolute Gasteiger partial charge is 0.457 e. The molecule has 2 saturated heterocycles. The van der Waals surface area contributed by atoms with Gasteiger partial charge in [0.1, 0.15) is 11.7 Å². The summed E-state index contributed by atoms with van der Waals surface area (Å²) in [6, 6.07) is 0.588. The van der Waals surface area contributed by atoms with Gasteiger partial charge in [0.2, 0.25) is 0 Å². The molecule has 1 saturated carbocycles. The summed E-state index contributed by atoms with van der Waals surface area (Å²) in [7, 11) is 0. The number of likely N-dealkylation sites (tertiary alicyclic amines) is 1. The number of aliphatic hydroxyl groups is 2. The average molecular weight is 702 g/mol. The number of carbonyl (C=O) groups is 3. The van der Waals surface area contributed by atoms with Crippen LogP contribution in [0.2, 0.25) is 0 Å². The minimum atomic E-state index is -1.46. The Hall–Kier alpha value is -2.89. The maximum Gasteiger partial charge on any atom is 0.410 e. The number of nitrogens with zero attached hydrogens (tertiary/aromatic N) is 3. The number of hydrogen-bond acceptors (Lipinski definition) is 9. The van der Waals surface area contributed by atoms with E-state index in [0.29, 0.717) is 25.0 Å². The molecule has 3 fully saturated rings. The van der Waals surface area contributed by atoms with Crippen molar-refractivity contribution in [2.45, 2.75) is 129 Å². The molecule has 11 heteroatoms. The Morgan fingerprint density at radius 1 is 1.00 bits per heavy atom. The molecule has 282 valence electrons. The van der Waals surface area contributed by atoms with E-state index in [1.54, 1.807) is 22.8 Å². The van der Waals surface area contributed by atoms with Crippen molar-refractivity contribution in [1.82, 2.24) is 14.7 Å². The molecule has 3 heterocycles. The van der Waals surface area contributed by atoms with Gasteiger partial charge < -0.3 is 34.2 Å². The number of esters is 1. The van der Waals surface area contributed by atoms with Gasteiger partial charge in [-0.1, -0.05) is 70.8 Å². The Balaban J connectivity index is 1.39. The molecule has 4 rings (SSSR count). The van der Waals surface area contributed by atoms with Gasteiger partial charge in [-0.3, -0.25) is 9.69 Å². The summed E-state index contributed by atoms with van der Waals surface area (Å²) in [5.41, 5.74) is -0.686. The molecule has 3 aliphatic heterocycles. The quantitative estimate of drug-likeness (QED) is 0.110.